The highest BCUT2D eigenvalue weighted by molar-refractivity contribution is 5.99. The van der Waals surface area contributed by atoms with Gasteiger partial charge < -0.3 is 19.5 Å². The maximum Gasteiger partial charge on any atom is 0.258 e. The Balaban J connectivity index is 1.94. The topological polar surface area (TPSA) is 56.8 Å². The Kier molecular flexibility index (Phi) is 6.50. The van der Waals surface area contributed by atoms with Crippen LogP contribution in [0.3, 0.4) is 0 Å². The highest BCUT2D eigenvalue weighted by Crippen LogP contribution is 2.28. The number of hydrogen-bond donors (Lipinski definition) is 1. The summed E-state index contributed by atoms with van der Waals surface area (Å²) in [6.07, 6.45) is 0. The van der Waals surface area contributed by atoms with Crippen molar-refractivity contribution in [1.29, 1.82) is 0 Å². The van der Waals surface area contributed by atoms with E-state index in [1.807, 2.05) is 18.2 Å². The Morgan fingerprint density at radius 1 is 1.00 bits per heavy atom. The minimum atomic E-state index is -0.258. The maximum absolute atomic E-state index is 12.5. The van der Waals surface area contributed by atoms with Crippen molar-refractivity contribution in [3.05, 3.63) is 53.6 Å². The van der Waals surface area contributed by atoms with E-state index in [1.54, 1.807) is 18.2 Å². The van der Waals surface area contributed by atoms with Crippen molar-refractivity contribution < 1.29 is 19.0 Å². The number of nitrogens with one attached hydrogen (secondary N) is 1. The highest BCUT2D eigenvalue weighted by Gasteiger charge is 2.18. The molecule has 0 heterocycles. The van der Waals surface area contributed by atoms with Crippen molar-refractivity contribution in [2.45, 2.75) is 26.2 Å². The molecule has 0 aliphatic carbocycles. The van der Waals surface area contributed by atoms with Crippen LogP contribution in [0.1, 0.15) is 36.7 Å². The molecule has 0 aliphatic heterocycles. The maximum atomic E-state index is 12.5. The average molecular weight is 357 g/mol. The van der Waals surface area contributed by atoms with Gasteiger partial charge >= 0.3 is 0 Å². The quantitative estimate of drug-likeness (QED) is 0.766. The molecule has 0 fully saturated rings. The molecular weight excluding hydrogens is 330 g/mol. The number of carbonyl (C=O) groups is 1. The molecular formula is C21H27NO4. The van der Waals surface area contributed by atoms with Crippen LogP contribution in [0, 0.1) is 0 Å². The van der Waals surface area contributed by atoms with Crippen LogP contribution in [0.15, 0.2) is 42.5 Å². The first-order valence-electron chi connectivity index (χ1n) is 8.59. The van der Waals surface area contributed by atoms with E-state index >= 15 is 0 Å². The molecule has 0 aliphatic rings. The van der Waals surface area contributed by atoms with Crippen LogP contribution in [-0.4, -0.2) is 33.3 Å². The van der Waals surface area contributed by atoms with Gasteiger partial charge in [0.1, 0.15) is 29.4 Å². The van der Waals surface area contributed by atoms with E-state index in [0.29, 0.717) is 30.2 Å². The van der Waals surface area contributed by atoms with Crippen LogP contribution in [-0.2, 0) is 5.41 Å². The third-order valence-electron chi connectivity index (χ3n) is 4.01. The van der Waals surface area contributed by atoms with E-state index in [9.17, 15) is 4.79 Å². The van der Waals surface area contributed by atoms with Crippen LogP contribution in [0.5, 0.6) is 17.2 Å². The fourth-order valence-corrected chi connectivity index (χ4v) is 2.55. The summed E-state index contributed by atoms with van der Waals surface area (Å²) in [7, 11) is 3.05. The molecule has 0 unspecified atom stereocenters. The summed E-state index contributed by atoms with van der Waals surface area (Å²) < 4.78 is 16.3. The van der Waals surface area contributed by atoms with E-state index < -0.39 is 0 Å². The summed E-state index contributed by atoms with van der Waals surface area (Å²) in [6, 6.07) is 13.2. The van der Waals surface area contributed by atoms with E-state index in [2.05, 4.69) is 32.2 Å². The van der Waals surface area contributed by atoms with Gasteiger partial charge in [0.15, 0.2) is 0 Å². The Morgan fingerprint density at radius 2 is 1.62 bits per heavy atom. The van der Waals surface area contributed by atoms with Crippen molar-refractivity contribution in [2.75, 3.05) is 27.4 Å². The normalized spacial score (nSPS) is 11.0. The first-order chi connectivity index (χ1) is 12.4. The Labute approximate surface area is 155 Å². The summed E-state index contributed by atoms with van der Waals surface area (Å²) >= 11 is 0. The summed E-state index contributed by atoms with van der Waals surface area (Å²) in [6.45, 7) is 7.23. The Bertz CT molecular complexity index is 728. The lowest BCUT2D eigenvalue weighted by molar-refractivity contribution is 0.0940. The van der Waals surface area contributed by atoms with Gasteiger partial charge in [-0.05, 0) is 35.2 Å². The molecule has 2 aromatic rings. The standard InChI is InChI=1S/C21H27NO4/c1-21(2,3)15-8-6-9-16(14-15)26-13-12-22-20(23)19-17(24-4)10-7-11-18(19)25-5/h6-11,14H,12-13H2,1-5H3,(H,22,23). The molecule has 0 atom stereocenters. The van der Waals surface area contributed by atoms with Crippen LogP contribution in [0.4, 0.5) is 0 Å². The smallest absolute Gasteiger partial charge is 0.258 e. The third kappa shape index (κ3) is 4.91. The van der Waals surface area contributed by atoms with Gasteiger partial charge in [0, 0.05) is 0 Å². The minimum Gasteiger partial charge on any atom is -0.496 e. The molecule has 0 bridgehead atoms. The predicted octanol–water partition coefficient (Wildman–Crippen LogP) is 3.81. The second kappa shape index (κ2) is 8.61. The number of benzene rings is 2. The molecule has 0 radical (unpaired) electrons. The average Bonchev–Trinajstić information content (AvgIpc) is 2.63. The largest absolute Gasteiger partial charge is 0.496 e. The zero-order chi connectivity index (χ0) is 19.2. The zero-order valence-corrected chi connectivity index (χ0v) is 16.1. The number of methoxy groups -OCH3 is 2. The number of carbonyl (C=O) groups excluding carboxylic acids is 1. The lowest BCUT2D eigenvalue weighted by atomic mass is 9.87. The monoisotopic (exact) mass is 357 g/mol. The second-order valence-corrected chi connectivity index (χ2v) is 6.92. The summed E-state index contributed by atoms with van der Waals surface area (Å²) in [4.78, 5) is 12.5. The fraction of sp³-hybridized carbons (Fsp3) is 0.381. The first kappa shape index (κ1) is 19.6. The van der Waals surface area contributed by atoms with Gasteiger partial charge in [-0.3, -0.25) is 4.79 Å². The molecule has 140 valence electrons. The Hall–Kier alpha value is -2.69. The van der Waals surface area contributed by atoms with Crippen LogP contribution < -0.4 is 19.5 Å². The third-order valence-corrected chi connectivity index (χ3v) is 4.01. The van der Waals surface area contributed by atoms with E-state index in [0.717, 1.165) is 5.75 Å². The Morgan fingerprint density at radius 3 is 2.19 bits per heavy atom. The van der Waals surface area contributed by atoms with Gasteiger partial charge in [0.2, 0.25) is 0 Å². The number of ether oxygens (including phenoxy) is 3. The van der Waals surface area contributed by atoms with E-state index in [4.69, 9.17) is 14.2 Å². The highest BCUT2D eigenvalue weighted by atomic mass is 16.5. The molecule has 0 spiro atoms. The van der Waals surface area contributed by atoms with Gasteiger partial charge in [-0.15, -0.1) is 0 Å². The molecule has 1 N–H and O–H groups in total. The molecule has 0 aromatic heterocycles. The first-order valence-corrected chi connectivity index (χ1v) is 8.59. The number of hydrogen-bond acceptors (Lipinski definition) is 4. The molecule has 5 nitrogen and oxygen atoms in total. The van der Waals surface area contributed by atoms with E-state index in [1.165, 1.54) is 19.8 Å². The number of rotatable bonds is 7. The molecule has 0 saturated heterocycles. The lowest BCUT2D eigenvalue weighted by Crippen LogP contribution is -2.28. The number of amides is 1. The summed E-state index contributed by atoms with van der Waals surface area (Å²) in [5, 5.41) is 2.84. The summed E-state index contributed by atoms with van der Waals surface area (Å²) in [5.41, 5.74) is 1.65. The van der Waals surface area contributed by atoms with Crippen molar-refractivity contribution >= 4 is 5.91 Å². The van der Waals surface area contributed by atoms with Crippen molar-refractivity contribution in [1.82, 2.24) is 5.32 Å². The van der Waals surface area contributed by atoms with Gasteiger partial charge in [0.05, 0.1) is 20.8 Å². The van der Waals surface area contributed by atoms with Crippen molar-refractivity contribution in [2.24, 2.45) is 0 Å². The SMILES string of the molecule is COc1cccc(OC)c1C(=O)NCCOc1cccc(C(C)(C)C)c1. The van der Waals surface area contributed by atoms with Gasteiger partial charge in [-0.2, -0.15) is 0 Å². The lowest BCUT2D eigenvalue weighted by Gasteiger charge is -2.19. The van der Waals surface area contributed by atoms with Gasteiger partial charge in [0.25, 0.3) is 5.91 Å². The molecule has 26 heavy (non-hydrogen) atoms. The van der Waals surface area contributed by atoms with Gasteiger partial charge in [-0.25, -0.2) is 0 Å². The second-order valence-electron chi connectivity index (χ2n) is 6.92. The predicted molar refractivity (Wildman–Crippen MR) is 103 cm³/mol. The molecule has 2 rings (SSSR count). The van der Waals surface area contributed by atoms with E-state index in [-0.39, 0.29) is 11.3 Å². The van der Waals surface area contributed by atoms with Crippen LogP contribution in [0.25, 0.3) is 0 Å². The molecule has 2 aromatic carbocycles. The summed E-state index contributed by atoms with van der Waals surface area (Å²) in [5.74, 6) is 1.48. The van der Waals surface area contributed by atoms with Gasteiger partial charge in [-0.1, -0.05) is 39.0 Å². The van der Waals surface area contributed by atoms with Crippen molar-refractivity contribution in [3.8, 4) is 17.2 Å². The fourth-order valence-electron chi connectivity index (χ4n) is 2.55. The zero-order valence-electron chi connectivity index (χ0n) is 16.1. The molecule has 1 amide bonds. The molecule has 0 saturated carbocycles. The van der Waals surface area contributed by atoms with Crippen molar-refractivity contribution in [3.63, 3.8) is 0 Å². The molecule has 5 heteroatoms. The van der Waals surface area contributed by atoms with Crippen LogP contribution >= 0.6 is 0 Å². The minimum absolute atomic E-state index is 0.0635. The van der Waals surface area contributed by atoms with Crippen LogP contribution in [0.2, 0.25) is 0 Å².